The quantitative estimate of drug-likeness (QED) is 0.162. The van der Waals surface area contributed by atoms with E-state index in [-0.39, 0.29) is 5.69 Å². The Labute approximate surface area is 205 Å². The predicted molar refractivity (Wildman–Crippen MR) is 133 cm³/mol. The highest BCUT2D eigenvalue weighted by molar-refractivity contribution is 9.10. The van der Waals surface area contributed by atoms with E-state index in [9.17, 15) is 14.9 Å². The van der Waals surface area contributed by atoms with Gasteiger partial charge in [-0.1, -0.05) is 41.9 Å². The summed E-state index contributed by atoms with van der Waals surface area (Å²) in [4.78, 5) is 23.3. The summed E-state index contributed by atoms with van der Waals surface area (Å²) in [5.41, 5.74) is 4.12. The first-order chi connectivity index (χ1) is 15.9. The van der Waals surface area contributed by atoms with Crippen molar-refractivity contribution in [2.24, 2.45) is 5.10 Å². The minimum atomic E-state index is -0.470. The van der Waals surface area contributed by atoms with Gasteiger partial charge >= 0.3 is 0 Å². The summed E-state index contributed by atoms with van der Waals surface area (Å²) in [5.74, 6) is 0.101. The van der Waals surface area contributed by atoms with Gasteiger partial charge in [-0.25, -0.2) is 5.43 Å². The van der Waals surface area contributed by atoms with Gasteiger partial charge in [-0.15, -0.1) is 11.3 Å². The molecule has 0 spiro atoms. The Kier molecular flexibility index (Phi) is 7.02. The Morgan fingerprint density at radius 3 is 2.70 bits per heavy atom. The Morgan fingerprint density at radius 2 is 1.97 bits per heavy atom. The minimum Gasteiger partial charge on any atom is -0.486 e. The zero-order valence-corrected chi connectivity index (χ0v) is 20.0. The van der Waals surface area contributed by atoms with Crippen LogP contribution in [0.3, 0.4) is 0 Å². The third-order valence-electron chi connectivity index (χ3n) is 4.56. The molecular weight excluding hydrogens is 530 g/mol. The lowest BCUT2D eigenvalue weighted by atomic mass is 10.2. The lowest BCUT2D eigenvalue weighted by Crippen LogP contribution is -2.16. The van der Waals surface area contributed by atoms with Gasteiger partial charge in [-0.3, -0.25) is 14.9 Å². The van der Waals surface area contributed by atoms with E-state index in [2.05, 4.69) is 26.5 Å². The van der Waals surface area contributed by atoms with Gasteiger partial charge in [0.25, 0.3) is 11.6 Å². The zero-order valence-electron chi connectivity index (χ0n) is 16.8. The Balaban J connectivity index is 1.42. The first-order valence-electron chi connectivity index (χ1n) is 9.58. The molecule has 0 unspecified atom stereocenters. The van der Waals surface area contributed by atoms with Gasteiger partial charge in [0.05, 0.1) is 25.5 Å². The number of amides is 1. The molecule has 4 rings (SSSR count). The summed E-state index contributed by atoms with van der Waals surface area (Å²) < 4.78 is 7.26. The average Bonchev–Trinajstić information content (AvgIpc) is 3.23. The largest absolute Gasteiger partial charge is 0.486 e. The summed E-state index contributed by atoms with van der Waals surface area (Å²) in [6, 6.07) is 19.3. The Hall–Kier alpha value is -3.27. The number of ether oxygens (including phenoxy) is 1. The van der Waals surface area contributed by atoms with Crippen LogP contribution in [-0.4, -0.2) is 17.0 Å². The normalized spacial score (nSPS) is 11.1. The molecule has 1 aromatic heterocycles. The first kappa shape index (κ1) is 22.9. The molecule has 0 atom stereocenters. The number of nitrogens with zero attached hydrogens (tertiary/aromatic N) is 2. The van der Waals surface area contributed by atoms with Crippen molar-refractivity contribution in [1.29, 1.82) is 0 Å². The zero-order chi connectivity index (χ0) is 23.4. The lowest BCUT2D eigenvalue weighted by Gasteiger charge is -2.11. The molecule has 4 aromatic rings. The predicted octanol–water partition coefficient (Wildman–Crippen LogP) is 6.57. The first-order valence-corrected chi connectivity index (χ1v) is 11.6. The van der Waals surface area contributed by atoms with Gasteiger partial charge in [0, 0.05) is 22.2 Å². The number of non-ortho nitro benzene ring substituents is 1. The molecule has 0 radical (unpaired) electrons. The molecule has 1 heterocycles. The van der Waals surface area contributed by atoms with Crippen molar-refractivity contribution in [3.63, 3.8) is 0 Å². The number of fused-ring (bicyclic) bond motifs is 1. The molecule has 3 aromatic carbocycles. The van der Waals surface area contributed by atoms with E-state index in [0.29, 0.717) is 37.7 Å². The van der Waals surface area contributed by atoms with Crippen LogP contribution in [0.15, 0.2) is 76.3 Å². The van der Waals surface area contributed by atoms with Gasteiger partial charge in [0.1, 0.15) is 6.61 Å². The van der Waals surface area contributed by atoms with Crippen molar-refractivity contribution in [1.82, 2.24) is 5.43 Å². The van der Waals surface area contributed by atoms with Crippen molar-refractivity contribution < 1.29 is 14.5 Å². The number of nitrogens with one attached hydrogen (secondary N) is 1. The summed E-state index contributed by atoms with van der Waals surface area (Å²) in [6.45, 7) is 0.376. The number of benzene rings is 3. The second-order valence-electron chi connectivity index (χ2n) is 6.88. The maximum absolute atomic E-state index is 12.4. The molecule has 33 heavy (non-hydrogen) atoms. The van der Waals surface area contributed by atoms with Gasteiger partial charge in [-0.2, -0.15) is 5.10 Å². The van der Waals surface area contributed by atoms with Gasteiger partial charge in [-0.05, 0) is 51.3 Å². The van der Waals surface area contributed by atoms with Crippen LogP contribution in [0.2, 0.25) is 5.02 Å². The highest BCUT2D eigenvalue weighted by Crippen LogP contribution is 2.35. The maximum Gasteiger partial charge on any atom is 0.281 e. The molecule has 0 aliphatic carbocycles. The summed E-state index contributed by atoms with van der Waals surface area (Å²) in [7, 11) is 0. The number of carbonyl (C=O) groups is 1. The molecule has 10 heteroatoms. The standard InChI is InChI=1S/C23H15BrClN3O4S/c24-18-8-15(9-19(25)22(18)32-13-14-4-2-1-3-5-14)12-26-27-23(29)21-11-16-10-17(28(30)31)6-7-20(16)33-21/h1-12H,13H2,(H,27,29)/b26-12-. The Morgan fingerprint density at radius 1 is 1.18 bits per heavy atom. The van der Waals surface area contributed by atoms with Crippen molar-refractivity contribution in [2.45, 2.75) is 6.61 Å². The summed E-state index contributed by atoms with van der Waals surface area (Å²) >= 11 is 11.1. The number of halogens is 2. The van der Waals surface area contributed by atoms with Gasteiger partial charge in [0.2, 0.25) is 0 Å². The molecule has 1 N–H and O–H groups in total. The number of carbonyl (C=O) groups excluding carboxylic acids is 1. The second-order valence-corrected chi connectivity index (χ2v) is 9.22. The fourth-order valence-electron chi connectivity index (χ4n) is 3.00. The monoisotopic (exact) mass is 543 g/mol. The molecule has 1 amide bonds. The molecule has 0 fully saturated rings. The van der Waals surface area contributed by atoms with E-state index >= 15 is 0 Å². The Bertz CT molecular complexity index is 1350. The number of thiophene rings is 1. The van der Waals surface area contributed by atoms with Crippen molar-refractivity contribution in [2.75, 3.05) is 0 Å². The van der Waals surface area contributed by atoms with Crippen molar-refractivity contribution in [3.05, 3.63) is 102 Å². The molecule has 7 nitrogen and oxygen atoms in total. The fraction of sp³-hybridized carbons (Fsp3) is 0.0435. The molecule has 0 aliphatic rings. The third-order valence-corrected chi connectivity index (χ3v) is 6.55. The van der Waals surface area contributed by atoms with Crippen LogP contribution < -0.4 is 10.2 Å². The molecule has 0 saturated heterocycles. The van der Waals surface area contributed by atoms with Crippen LogP contribution in [0.25, 0.3) is 10.1 Å². The summed E-state index contributed by atoms with van der Waals surface area (Å²) in [5, 5.41) is 15.9. The van der Waals surface area contributed by atoms with E-state index in [4.69, 9.17) is 16.3 Å². The van der Waals surface area contributed by atoms with Crippen LogP contribution in [-0.2, 0) is 6.61 Å². The van der Waals surface area contributed by atoms with Crippen LogP contribution in [0, 0.1) is 10.1 Å². The van der Waals surface area contributed by atoms with Crippen molar-refractivity contribution in [3.8, 4) is 5.75 Å². The number of nitro benzene ring substituents is 1. The number of hydrogen-bond acceptors (Lipinski definition) is 6. The second kappa shape index (κ2) is 10.1. The molecule has 0 aliphatic heterocycles. The molecule has 0 saturated carbocycles. The van der Waals surface area contributed by atoms with Crippen LogP contribution in [0.5, 0.6) is 5.75 Å². The van der Waals surface area contributed by atoms with Crippen molar-refractivity contribution >= 4 is 66.8 Å². The highest BCUT2D eigenvalue weighted by atomic mass is 79.9. The summed E-state index contributed by atoms with van der Waals surface area (Å²) in [6.07, 6.45) is 1.47. The van der Waals surface area contributed by atoms with Crippen LogP contribution in [0.1, 0.15) is 20.8 Å². The number of rotatable bonds is 7. The SMILES string of the molecule is O=C(N/N=C\c1cc(Cl)c(OCc2ccccc2)c(Br)c1)c1cc2cc([N+](=O)[O-])ccc2s1. The molecule has 0 bridgehead atoms. The molecular formula is C23H15BrClN3O4S. The van der Waals surface area contributed by atoms with Crippen LogP contribution in [0.4, 0.5) is 5.69 Å². The lowest BCUT2D eigenvalue weighted by molar-refractivity contribution is -0.384. The smallest absolute Gasteiger partial charge is 0.281 e. The maximum atomic E-state index is 12.4. The minimum absolute atomic E-state index is 0.0241. The third kappa shape index (κ3) is 5.57. The molecule has 166 valence electrons. The fourth-order valence-corrected chi connectivity index (χ4v) is 4.92. The number of nitro groups is 1. The average molecular weight is 545 g/mol. The number of hydrazone groups is 1. The number of hydrogen-bond donors (Lipinski definition) is 1. The van der Waals surface area contributed by atoms with E-state index in [0.717, 1.165) is 10.3 Å². The van der Waals surface area contributed by atoms with Crippen LogP contribution >= 0.6 is 38.9 Å². The topological polar surface area (TPSA) is 93.8 Å². The van der Waals surface area contributed by atoms with Gasteiger partial charge < -0.3 is 4.74 Å². The van der Waals surface area contributed by atoms with E-state index in [1.807, 2.05) is 30.3 Å². The van der Waals surface area contributed by atoms with E-state index in [1.54, 1.807) is 24.3 Å². The van der Waals surface area contributed by atoms with E-state index < -0.39 is 10.8 Å². The van der Waals surface area contributed by atoms with E-state index in [1.165, 1.54) is 29.7 Å². The highest BCUT2D eigenvalue weighted by Gasteiger charge is 2.13. The van der Waals surface area contributed by atoms with Gasteiger partial charge in [0.15, 0.2) is 5.75 Å².